The van der Waals surface area contributed by atoms with Crippen molar-refractivity contribution in [3.63, 3.8) is 0 Å². The summed E-state index contributed by atoms with van der Waals surface area (Å²) in [7, 11) is -3.87. The Kier molecular flexibility index (Phi) is 6.64. The molecule has 3 aromatic rings. The first-order valence-electron chi connectivity index (χ1n) is 9.22. The number of sulfonamides is 1. The number of carbonyl (C=O) groups excluding carboxylic acids is 1. The van der Waals surface area contributed by atoms with E-state index in [1.54, 1.807) is 48.5 Å². The zero-order valence-electron chi connectivity index (χ0n) is 16.5. The number of anilines is 2. The Morgan fingerprint density at radius 1 is 1.03 bits per heavy atom. The van der Waals surface area contributed by atoms with Gasteiger partial charge >= 0.3 is 0 Å². The minimum atomic E-state index is -3.87. The van der Waals surface area contributed by atoms with Crippen LogP contribution in [0.5, 0.6) is 5.75 Å². The van der Waals surface area contributed by atoms with Crippen molar-refractivity contribution >= 4 is 38.9 Å². The van der Waals surface area contributed by atoms with Crippen molar-refractivity contribution in [3.8, 4) is 5.75 Å². The van der Waals surface area contributed by atoms with Crippen molar-refractivity contribution in [2.75, 3.05) is 16.6 Å². The number of carbonyl (C=O) groups is 1. The molecule has 0 saturated heterocycles. The first-order valence-corrected chi connectivity index (χ1v) is 11.1. The molecule has 0 spiro atoms. The highest BCUT2D eigenvalue weighted by atomic mass is 35.5. The van der Waals surface area contributed by atoms with Crippen molar-refractivity contribution < 1.29 is 17.9 Å². The maximum atomic E-state index is 12.8. The third kappa shape index (κ3) is 5.31. The predicted molar refractivity (Wildman–Crippen MR) is 119 cm³/mol. The summed E-state index contributed by atoms with van der Waals surface area (Å²) in [6, 6.07) is 17.6. The Morgan fingerprint density at radius 2 is 1.77 bits per heavy atom. The molecular weight excluding hydrogens is 424 g/mol. The molecule has 0 aliphatic heterocycles. The van der Waals surface area contributed by atoms with Crippen molar-refractivity contribution in [1.82, 2.24) is 0 Å². The smallest absolute Gasteiger partial charge is 0.261 e. The standard InChI is InChI=1S/C22H21ClN2O4S/c1-3-29-19-11-9-18(10-12-19)25-30(27,28)20-6-4-5-16(13-20)22(26)24-21-14-17(23)8-7-15(21)2/h4-14,25H,3H2,1-2H3,(H,24,26). The number of benzene rings is 3. The molecule has 0 radical (unpaired) electrons. The van der Waals surface area contributed by atoms with Crippen LogP contribution < -0.4 is 14.8 Å². The second kappa shape index (κ2) is 9.19. The van der Waals surface area contributed by atoms with Gasteiger partial charge in [0.25, 0.3) is 15.9 Å². The summed E-state index contributed by atoms with van der Waals surface area (Å²) in [5, 5.41) is 3.25. The van der Waals surface area contributed by atoms with Crippen molar-refractivity contribution in [2.24, 2.45) is 0 Å². The van der Waals surface area contributed by atoms with Gasteiger partial charge in [-0.05, 0) is 74.0 Å². The average molecular weight is 445 g/mol. The second-order valence-corrected chi connectivity index (χ2v) is 8.62. The van der Waals surface area contributed by atoms with Crippen LogP contribution >= 0.6 is 11.6 Å². The predicted octanol–water partition coefficient (Wildman–Crippen LogP) is 5.10. The first kappa shape index (κ1) is 21.7. The van der Waals surface area contributed by atoms with E-state index in [9.17, 15) is 13.2 Å². The van der Waals surface area contributed by atoms with Crippen LogP contribution in [0.1, 0.15) is 22.8 Å². The lowest BCUT2D eigenvalue weighted by Crippen LogP contribution is -2.16. The van der Waals surface area contributed by atoms with Gasteiger partial charge in [-0.25, -0.2) is 8.42 Å². The van der Waals surface area contributed by atoms with Gasteiger partial charge in [0.05, 0.1) is 11.5 Å². The Labute approximate surface area is 180 Å². The van der Waals surface area contributed by atoms with E-state index in [4.69, 9.17) is 16.3 Å². The van der Waals surface area contributed by atoms with E-state index in [1.807, 2.05) is 13.8 Å². The first-order chi connectivity index (χ1) is 14.3. The van der Waals surface area contributed by atoms with E-state index in [-0.39, 0.29) is 10.5 Å². The zero-order valence-corrected chi connectivity index (χ0v) is 18.0. The second-order valence-electron chi connectivity index (χ2n) is 6.50. The number of hydrogen-bond acceptors (Lipinski definition) is 4. The van der Waals surface area contributed by atoms with E-state index in [1.165, 1.54) is 18.2 Å². The van der Waals surface area contributed by atoms with Crippen LogP contribution in [-0.4, -0.2) is 20.9 Å². The van der Waals surface area contributed by atoms with Gasteiger partial charge in [0, 0.05) is 22.0 Å². The number of halogens is 1. The molecule has 0 aliphatic rings. The molecular formula is C22H21ClN2O4S. The Bertz CT molecular complexity index is 1160. The van der Waals surface area contributed by atoms with Gasteiger partial charge in [-0.15, -0.1) is 0 Å². The molecule has 8 heteroatoms. The summed E-state index contributed by atoms with van der Waals surface area (Å²) in [5.41, 5.74) is 2.01. The fourth-order valence-corrected chi connectivity index (χ4v) is 4.00. The highest BCUT2D eigenvalue weighted by Crippen LogP contribution is 2.23. The number of ether oxygens (including phenoxy) is 1. The van der Waals surface area contributed by atoms with E-state index >= 15 is 0 Å². The van der Waals surface area contributed by atoms with Gasteiger partial charge < -0.3 is 10.1 Å². The lowest BCUT2D eigenvalue weighted by atomic mass is 10.1. The van der Waals surface area contributed by atoms with Gasteiger partial charge in [0.1, 0.15) is 5.75 Å². The lowest BCUT2D eigenvalue weighted by Gasteiger charge is -2.11. The molecule has 1 amide bonds. The maximum absolute atomic E-state index is 12.8. The summed E-state index contributed by atoms with van der Waals surface area (Å²) in [6.45, 7) is 4.23. The van der Waals surface area contributed by atoms with Crippen LogP contribution in [0.4, 0.5) is 11.4 Å². The minimum absolute atomic E-state index is 0.0214. The van der Waals surface area contributed by atoms with Crippen molar-refractivity contribution in [3.05, 3.63) is 82.9 Å². The number of hydrogen-bond donors (Lipinski definition) is 2. The topological polar surface area (TPSA) is 84.5 Å². The highest BCUT2D eigenvalue weighted by Gasteiger charge is 2.17. The Balaban J connectivity index is 1.79. The number of amides is 1. The van der Waals surface area contributed by atoms with E-state index in [2.05, 4.69) is 10.0 Å². The monoisotopic (exact) mass is 444 g/mol. The Morgan fingerprint density at radius 3 is 2.47 bits per heavy atom. The number of aryl methyl sites for hydroxylation is 1. The molecule has 0 unspecified atom stereocenters. The quantitative estimate of drug-likeness (QED) is 0.531. The van der Waals surface area contributed by atoms with Crippen LogP contribution in [-0.2, 0) is 10.0 Å². The zero-order chi connectivity index (χ0) is 21.7. The molecule has 3 rings (SSSR count). The summed E-state index contributed by atoms with van der Waals surface area (Å²) in [4.78, 5) is 12.6. The summed E-state index contributed by atoms with van der Waals surface area (Å²) in [5.74, 6) is 0.217. The summed E-state index contributed by atoms with van der Waals surface area (Å²) >= 11 is 5.99. The van der Waals surface area contributed by atoms with Gasteiger partial charge in [-0.3, -0.25) is 9.52 Å². The highest BCUT2D eigenvalue weighted by molar-refractivity contribution is 7.92. The van der Waals surface area contributed by atoms with E-state index in [0.717, 1.165) is 5.56 Å². The molecule has 156 valence electrons. The molecule has 30 heavy (non-hydrogen) atoms. The van der Waals surface area contributed by atoms with Crippen LogP contribution in [0.25, 0.3) is 0 Å². The van der Waals surface area contributed by atoms with Crippen LogP contribution in [0.15, 0.2) is 71.6 Å². The molecule has 0 fully saturated rings. The van der Waals surface area contributed by atoms with Gasteiger partial charge in [0.2, 0.25) is 0 Å². The third-order valence-corrected chi connectivity index (χ3v) is 5.89. The molecule has 0 bridgehead atoms. The van der Waals surface area contributed by atoms with Gasteiger partial charge in [0.15, 0.2) is 0 Å². The molecule has 2 N–H and O–H groups in total. The molecule has 0 aliphatic carbocycles. The fourth-order valence-electron chi connectivity index (χ4n) is 2.73. The lowest BCUT2D eigenvalue weighted by molar-refractivity contribution is 0.102. The maximum Gasteiger partial charge on any atom is 0.261 e. The summed E-state index contributed by atoms with van der Waals surface area (Å²) < 4.78 is 33.4. The van der Waals surface area contributed by atoms with Crippen molar-refractivity contribution in [2.45, 2.75) is 18.7 Å². The van der Waals surface area contributed by atoms with Crippen LogP contribution in [0.2, 0.25) is 5.02 Å². The fraction of sp³-hybridized carbons (Fsp3) is 0.136. The number of rotatable bonds is 7. The Hall–Kier alpha value is -3.03. The summed E-state index contributed by atoms with van der Waals surface area (Å²) in [6.07, 6.45) is 0. The minimum Gasteiger partial charge on any atom is -0.494 e. The van der Waals surface area contributed by atoms with Gasteiger partial charge in [-0.1, -0.05) is 23.7 Å². The molecule has 6 nitrogen and oxygen atoms in total. The molecule has 0 atom stereocenters. The van der Waals surface area contributed by atoms with E-state index < -0.39 is 15.9 Å². The van der Waals surface area contributed by atoms with Gasteiger partial charge in [-0.2, -0.15) is 0 Å². The number of nitrogens with one attached hydrogen (secondary N) is 2. The molecule has 0 heterocycles. The molecule has 3 aromatic carbocycles. The normalized spacial score (nSPS) is 11.0. The van der Waals surface area contributed by atoms with Crippen LogP contribution in [0.3, 0.4) is 0 Å². The van der Waals surface area contributed by atoms with E-state index in [0.29, 0.717) is 28.8 Å². The van der Waals surface area contributed by atoms with Crippen LogP contribution in [0, 0.1) is 6.92 Å². The molecule has 0 aromatic heterocycles. The average Bonchev–Trinajstić information content (AvgIpc) is 2.72. The third-order valence-electron chi connectivity index (χ3n) is 4.27. The SMILES string of the molecule is CCOc1ccc(NS(=O)(=O)c2cccc(C(=O)Nc3cc(Cl)ccc3C)c2)cc1. The largest absolute Gasteiger partial charge is 0.494 e. The molecule has 0 saturated carbocycles. The van der Waals surface area contributed by atoms with Crippen molar-refractivity contribution in [1.29, 1.82) is 0 Å².